The van der Waals surface area contributed by atoms with Crippen LogP contribution < -0.4 is 5.56 Å². The fraction of sp³-hybridized carbons (Fsp3) is 0.150. The Hall–Kier alpha value is -2.92. The topological polar surface area (TPSA) is 52.7 Å². The molecule has 0 atom stereocenters. The minimum atomic E-state index is -0.213. The Bertz CT molecular complexity index is 1210. The molecule has 0 aliphatic heterocycles. The number of benzene rings is 2. The van der Waals surface area contributed by atoms with Gasteiger partial charge in [-0.1, -0.05) is 35.4 Å². The van der Waals surface area contributed by atoms with E-state index in [2.05, 4.69) is 10.2 Å². The van der Waals surface area contributed by atoms with Crippen LogP contribution in [0.4, 0.5) is 0 Å². The van der Waals surface area contributed by atoms with Gasteiger partial charge in [-0.15, -0.1) is 0 Å². The average molecular weight is 365 g/mol. The monoisotopic (exact) mass is 364 g/mol. The van der Waals surface area contributed by atoms with Gasteiger partial charge in [0.2, 0.25) is 0 Å². The molecule has 2 heterocycles. The van der Waals surface area contributed by atoms with Gasteiger partial charge in [-0.05, 0) is 50.6 Å². The summed E-state index contributed by atoms with van der Waals surface area (Å²) in [7, 11) is 0. The molecule has 0 aliphatic rings. The van der Waals surface area contributed by atoms with Crippen LogP contribution in [0.3, 0.4) is 0 Å². The lowest BCUT2D eigenvalue weighted by Crippen LogP contribution is -2.24. The molecule has 0 saturated carbocycles. The number of aryl methyl sites for hydroxylation is 3. The first-order chi connectivity index (χ1) is 12.5. The first-order valence-electron chi connectivity index (χ1n) is 8.27. The molecule has 0 radical (unpaired) electrons. The van der Waals surface area contributed by atoms with Gasteiger partial charge in [0.25, 0.3) is 5.56 Å². The van der Waals surface area contributed by atoms with Gasteiger partial charge in [-0.3, -0.25) is 4.79 Å². The van der Waals surface area contributed by atoms with Gasteiger partial charge < -0.3 is 0 Å². The van der Waals surface area contributed by atoms with Crippen LogP contribution in [-0.2, 0) is 0 Å². The zero-order valence-corrected chi connectivity index (χ0v) is 15.4. The van der Waals surface area contributed by atoms with Gasteiger partial charge in [0.1, 0.15) is 5.52 Å². The zero-order valence-electron chi connectivity index (χ0n) is 14.7. The van der Waals surface area contributed by atoms with Gasteiger partial charge in [0.05, 0.1) is 23.3 Å². The van der Waals surface area contributed by atoms with Crippen LogP contribution in [0.1, 0.15) is 16.8 Å². The molecule has 0 fully saturated rings. The van der Waals surface area contributed by atoms with E-state index in [4.69, 9.17) is 11.6 Å². The molecule has 6 heteroatoms. The predicted octanol–water partition coefficient (Wildman–Crippen LogP) is 4.15. The highest BCUT2D eigenvalue weighted by atomic mass is 35.5. The third-order valence-electron chi connectivity index (χ3n) is 4.44. The molecule has 130 valence electrons. The summed E-state index contributed by atoms with van der Waals surface area (Å²) in [6.07, 6.45) is 1.67. The van der Waals surface area contributed by atoms with Crippen LogP contribution in [0.25, 0.3) is 22.3 Å². The quantitative estimate of drug-likeness (QED) is 0.537. The van der Waals surface area contributed by atoms with Crippen molar-refractivity contribution in [2.24, 2.45) is 0 Å². The van der Waals surface area contributed by atoms with Crippen molar-refractivity contribution in [3.05, 3.63) is 80.9 Å². The fourth-order valence-corrected chi connectivity index (χ4v) is 3.36. The first-order valence-corrected chi connectivity index (χ1v) is 8.65. The fourth-order valence-electron chi connectivity index (χ4n) is 3.18. The maximum Gasteiger partial charge on any atom is 0.298 e. The summed E-state index contributed by atoms with van der Waals surface area (Å²) in [5.74, 6) is 0. The van der Waals surface area contributed by atoms with Crippen LogP contribution in [0.5, 0.6) is 0 Å². The SMILES string of the molecule is Cc1ccc(-n2nc(C)c3cnn(-c4cccc(Cl)c4)c3c2=O)c(C)c1. The van der Waals surface area contributed by atoms with E-state index >= 15 is 0 Å². The Labute approximate surface area is 155 Å². The normalized spacial score (nSPS) is 11.2. The largest absolute Gasteiger partial charge is 0.298 e. The first kappa shape index (κ1) is 16.5. The van der Waals surface area contributed by atoms with Gasteiger partial charge in [-0.2, -0.15) is 14.9 Å². The number of halogens is 1. The number of rotatable bonds is 2. The number of aromatic nitrogens is 4. The Morgan fingerprint density at radius 3 is 2.54 bits per heavy atom. The molecule has 0 N–H and O–H groups in total. The average Bonchev–Trinajstić information content (AvgIpc) is 3.04. The molecule has 0 amide bonds. The minimum Gasteiger partial charge on any atom is -0.265 e. The van der Waals surface area contributed by atoms with Gasteiger partial charge in [0.15, 0.2) is 0 Å². The summed E-state index contributed by atoms with van der Waals surface area (Å²) in [6, 6.07) is 13.2. The summed E-state index contributed by atoms with van der Waals surface area (Å²) in [4.78, 5) is 13.3. The van der Waals surface area contributed by atoms with Crippen LogP contribution in [0.15, 0.2) is 53.5 Å². The van der Waals surface area contributed by atoms with Gasteiger partial charge in [-0.25, -0.2) is 4.68 Å². The highest BCUT2D eigenvalue weighted by molar-refractivity contribution is 6.30. The van der Waals surface area contributed by atoms with Gasteiger partial charge >= 0.3 is 0 Å². The maximum absolute atomic E-state index is 13.3. The van der Waals surface area contributed by atoms with Crippen molar-refractivity contribution in [1.29, 1.82) is 0 Å². The molecule has 2 aromatic heterocycles. The molecule has 4 rings (SSSR count). The lowest BCUT2D eigenvalue weighted by Gasteiger charge is -2.11. The van der Waals surface area contributed by atoms with Crippen LogP contribution in [0.2, 0.25) is 5.02 Å². The van der Waals surface area contributed by atoms with Crippen molar-refractivity contribution < 1.29 is 0 Å². The highest BCUT2D eigenvalue weighted by Crippen LogP contribution is 2.21. The Balaban J connectivity index is 2.05. The second-order valence-electron chi connectivity index (χ2n) is 6.39. The Morgan fingerprint density at radius 1 is 1.00 bits per heavy atom. The minimum absolute atomic E-state index is 0.213. The molecule has 2 aromatic carbocycles. The lowest BCUT2D eigenvalue weighted by atomic mass is 10.1. The molecule has 0 bridgehead atoms. The number of nitrogens with zero attached hydrogens (tertiary/aromatic N) is 4. The van der Waals surface area contributed by atoms with E-state index in [0.717, 1.165) is 33.6 Å². The molecule has 0 spiro atoms. The molecule has 0 aliphatic carbocycles. The maximum atomic E-state index is 13.3. The third-order valence-corrected chi connectivity index (χ3v) is 4.67. The molecule has 5 nitrogen and oxygen atoms in total. The highest BCUT2D eigenvalue weighted by Gasteiger charge is 2.17. The van der Waals surface area contributed by atoms with Crippen LogP contribution >= 0.6 is 11.6 Å². The summed E-state index contributed by atoms with van der Waals surface area (Å²) in [6.45, 7) is 5.88. The Morgan fingerprint density at radius 2 is 1.81 bits per heavy atom. The molecular formula is C20H17ClN4O. The van der Waals surface area contributed by atoms with Crippen molar-refractivity contribution in [3.63, 3.8) is 0 Å². The summed E-state index contributed by atoms with van der Waals surface area (Å²) >= 11 is 6.11. The van der Waals surface area contributed by atoms with Crippen molar-refractivity contribution in [2.45, 2.75) is 20.8 Å². The molecule has 4 aromatic rings. The number of fused-ring (bicyclic) bond motifs is 1. The summed E-state index contributed by atoms with van der Waals surface area (Å²) in [5, 5.41) is 10.2. The van der Waals surface area contributed by atoms with Crippen molar-refractivity contribution in [3.8, 4) is 11.4 Å². The van der Waals surface area contributed by atoms with Crippen LogP contribution in [-0.4, -0.2) is 19.6 Å². The zero-order chi connectivity index (χ0) is 18.4. The van der Waals surface area contributed by atoms with Crippen molar-refractivity contribution >= 4 is 22.5 Å². The molecule has 0 saturated heterocycles. The van der Waals surface area contributed by atoms with E-state index in [9.17, 15) is 4.79 Å². The van der Waals surface area contributed by atoms with E-state index in [0.29, 0.717) is 10.5 Å². The van der Waals surface area contributed by atoms with E-state index < -0.39 is 0 Å². The summed E-state index contributed by atoms with van der Waals surface area (Å²) < 4.78 is 3.08. The van der Waals surface area contributed by atoms with Crippen LogP contribution in [0, 0.1) is 20.8 Å². The van der Waals surface area contributed by atoms with E-state index in [1.165, 1.54) is 4.68 Å². The van der Waals surface area contributed by atoms with E-state index in [1.807, 2.05) is 51.1 Å². The molecular weight excluding hydrogens is 348 g/mol. The summed E-state index contributed by atoms with van der Waals surface area (Å²) in [5.41, 5.74) is 4.66. The molecule has 26 heavy (non-hydrogen) atoms. The van der Waals surface area contributed by atoms with E-state index in [-0.39, 0.29) is 5.56 Å². The predicted molar refractivity (Wildman–Crippen MR) is 104 cm³/mol. The standard InChI is InChI=1S/C20H17ClN4O/c1-12-7-8-18(13(2)9-12)25-20(26)19-17(14(3)23-25)11-22-24(19)16-6-4-5-15(21)10-16/h4-11H,1-3H3. The lowest BCUT2D eigenvalue weighted by molar-refractivity contribution is 0.785. The Kier molecular flexibility index (Phi) is 3.89. The van der Waals surface area contributed by atoms with Crippen molar-refractivity contribution in [2.75, 3.05) is 0 Å². The third kappa shape index (κ3) is 2.61. The van der Waals surface area contributed by atoms with Crippen molar-refractivity contribution in [1.82, 2.24) is 19.6 Å². The van der Waals surface area contributed by atoms with E-state index in [1.54, 1.807) is 23.0 Å². The number of hydrogen-bond acceptors (Lipinski definition) is 3. The smallest absolute Gasteiger partial charge is 0.265 e. The molecule has 0 unspecified atom stereocenters. The van der Waals surface area contributed by atoms with Gasteiger partial charge in [0, 0.05) is 10.4 Å². The second-order valence-corrected chi connectivity index (χ2v) is 6.83. The number of hydrogen-bond donors (Lipinski definition) is 0. The second kappa shape index (κ2) is 6.11.